The Morgan fingerprint density at radius 3 is 2.58 bits per heavy atom. The van der Waals surface area contributed by atoms with Crippen molar-refractivity contribution in [2.45, 2.75) is 39.8 Å². The number of likely N-dealkylation sites (tertiary alicyclic amines) is 1. The van der Waals surface area contributed by atoms with Crippen LogP contribution < -0.4 is 0 Å². The van der Waals surface area contributed by atoms with Gasteiger partial charge in [0.25, 0.3) is 5.91 Å². The van der Waals surface area contributed by atoms with Crippen molar-refractivity contribution < 1.29 is 4.79 Å². The molecule has 1 saturated heterocycles. The summed E-state index contributed by atoms with van der Waals surface area (Å²) >= 11 is 1.55. The molecule has 3 heterocycles. The number of carbonyl (C=O) groups excluding carboxylic acids is 1. The summed E-state index contributed by atoms with van der Waals surface area (Å²) in [6, 6.07) is 14.7. The smallest absolute Gasteiger partial charge is 0.264 e. The first-order valence-electron chi connectivity index (χ1n) is 11.1. The molecule has 0 spiro atoms. The summed E-state index contributed by atoms with van der Waals surface area (Å²) in [5, 5.41) is 2.01. The van der Waals surface area contributed by atoms with E-state index >= 15 is 0 Å². The Morgan fingerprint density at radius 2 is 1.90 bits per heavy atom. The van der Waals surface area contributed by atoms with Crippen LogP contribution in [0.25, 0.3) is 0 Å². The molecule has 31 heavy (non-hydrogen) atoms. The van der Waals surface area contributed by atoms with Gasteiger partial charge in [0.1, 0.15) is 0 Å². The monoisotopic (exact) mass is 433 g/mol. The molecule has 2 aromatic heterocycles. The fourth-order valence-corrected chi connectivity index (χ4v) is 5.23. The molecule has 0 bridgehead atoms. The molecular formula is C26H31N3OS. The number of rotatable bonds is 7. The molecule has 4 rings (SSSR count). The quantitative estimate of drug-likeness (QED) is 0.506. The Bertz CT molecular complexity index is 993. The Hall–Kier alpha value is -2.50. The van der Waals surface area contributed by atoms with Gasteiger partial charge >= 0.3 is 0 Å². The van der Waals surface area contributed by atoms with Crippen LogP contribution in [0.3, 0.4) is 0 Å². The number of thiophene rings is 1. The van der Waals surface area contributed by atoms with Crippen molar-refractivity contribution in [1.29, 1.82) is 0 Å². The highest BCUT2D eigenvalue weighted by Gasteiger charge is 2.26. The second kappa shape index (κ2) is 10.2. The molecule has 0 saturated carbocycles. The van der Waals surface area contributed by atoms with Crippen LogP contribution in [0.4, 0.5) is 0 Å². The number of aromatic nitrogens is 1. The summed E-state index contributed by atoms with van der Waals surface area (Å²) in [5.74, 6) is 0.688. The SMILES string of the molecule is Cc1ccccc1CN1CCC(CN(Cc2cccnc2)C(=O)c2sccc2C)CC1. The molecule has 0 unspecified atom stereocenters. The Morgan fingerprint density at radius 1 is 1.10 bits per heavy atom. The number of piperidine rings is 1. The number of nitrogens with zero attached hydrogens (tertiary/aromatic N) is 3. The first-order valence-corrected chi connectivity index (χ1v) is 12.0. The summed E-state index contributed by atoms with van der Waals surface area (Å²) in [4.78, 5) is 23.0. The normalized spacial score (nSPS) is 15.2. The first kappa shape index (κ1) is 21.7. The van der Waals surface area contributed by atoms with Gasteiger partial charge in [-0.3, -0.25) is 14.7 Å². The predicted octanol–water partition coefficient (Wildman–Crippen LogP) is 5.31. The number of amides is 1. The number of hydrogen-bond donors (Lipinski definition) is 0. The largest absolute Gasteiger partial charge is 0.333 e. The maximum Gasteiger partial charge on any atom is 0.264 e. The van der Waals surface area contributed by atoms with Crippen molar-refractivity contribution in [1.82, 2.24) is 14.8 Å². The molecule has 162 valence electrons. The maximum atomic E-state index is 13.4. The van der Waals surface area contributed by atoms with Crippen molar-refractivity contribution in [3.05, 3.63) is 87.4 Å². The van der Waals surface area contributed by atoms with Gasteiger partial charge in [0.05, 0.1) is 4.88 Å². The van der Waals surface area contributed by atoms with Crippen molar-refractivity contribution in [3.63, 3.8) is 0 Å². The standard InChI is InChI=1S/C26H31N3OS/c1-20-6-3-4-8-24(20)19-28-13-9-22(10-14-28)17-29(18-23-7-5-12-27-16-23)26(30)25-21(2)11-15-31-25/h3-8,11-12,15-16,22H,9-10,13-14,17-19H2,1-2H3. The molecule has 4 nitrogen and oxygen atoms in total. The van der Waals surface area contributed by atoms with Crippen molar-refractivity contribution in [3.8, 4) is 0 Å². The van der Waals surface area contributed by atoms with Crippen LogP contribution in [0.5, 0.6) is 0 Å². The van der Waals surface area contributed by atoms with E-state index in [1.165, 1.54) is 11.1 Å². The molecule has 1 fully saturated rings. The zero-order valence-corrected chi connectivity index (χ0v) is 19.3. The third kappa shape index (κ3) is 5.60. The third-order valence-corrected chi connectivity index (χ3v) is 7.29. The number of benzene rings is 1. The Kier molecular flexibility index (Phi) is 7.15. The fourth-order valence-electron chi connectivity index (χ4n) is 4.33. The van der Waals surface area contributed by atoms with E-state index in [9.17, 15) is 4.79 Å². The van der Waals surface area contributed by atoms with Crippen LogP contribution in [0, 0.1) is 19.8 Å². The lowest BCUT2D eigenvalue weighted by atomic mass is 9.95. The van der Waals surface area contributed by atoms with E-state index in [1.807, 2.05) is 35.5 Å². The fraction of sp³-hybridized carbons (Fsp3) is 0.385. The van der Waals surface area contributed by atoms with E-state index < -0.39 is 0 Å². The minimum absolute atomic E-state index is 0.152. The average Bonchev–Trinajstić information content (AvgIpc) is 3.22. The van der Waals surface area contributed by atoms with Crippen molar-refractivity contribution >= 4 is 17.2 Å². The maximum absolute atomic E-state index is 13.4. The van der Waals surface area contributed by atoms with Gasteiger partial charge in [-0.1, -0.05) is 30.3 Å². The summed E-state index contributed by atoms with van der Waals surface area (Å²) < 4.78 is 0. The van der Waals surface area contributed by atoms with Gasteiger partial charge in [-0.05, 0) is 85.5 Å². The molecule has 0 aliphatic carbocycles. The van der Waals surface area contributed by atoms with Gasteiger partial charge in [0.2, 0.25) is 0 Å². The molecule has 1 aliphatic rings. The predicted molar refractivity (Wildman–Crippen MR) is 127 cm³/mol. The zero-order chi connectivity index (χ0) is 21.6. The molecule has 5 heteroatoms. The van der Waals surface area contributed by atoms with Crippen LogP contribution >= 0.6 is 11.3 Å². The van der Waals surface area contributed by atoms with Crippen LogP contribution in [-0.2, 0) is 13.1 Å². The number of pyridine rings is 1. The Labute approximate surface area is 189 Å². The molecule has 1 aliphatic heterocycles. The molecule has 0 N–H and O–H groups in total. The summed E-state index contributed by atoms with van der Waals surface area (Å²) in [6.45, 7) is 8.84. The topological polar surface area (TPSA) is 36.4 Å². The molecule has 1 aromatic carbocycles. The molecule has 0 atom stereocenters. The third-order valence-electron chi connectivity index (χ3n) is 6.28. The van der Waals surface area contributed by atoms with Gasteiger partial charge in [-0.2, -0.15) is 0 Å². The summed E-state index contributed by atoms with van der Waals surface area (Å²) in [7, 11) is 0. The van der Waals surface area contributed by atoms with E-state index in [0.29, 0.717) is 12.5 Å². The second-order valence-corrected chi connectivity index (χ2v) is 9.54. The minimum Gasteiger partial charge on any atom is -0.333 e. The van der Waals surface area contributed by atoms with Gasteiger partial charge < -0.3 is 4.90 Å². The van der Waals surface area contributed by atoms with Crippen LogP contribution in [-0.4, -0.2) is 40.3 Å². The van der Waals surface area contributed by atoms with Gasteiger partial charge in [-0.15, -0.1) is 11.3 Å². The molecular weight excluding hydrogens is 402 g/mol. The van der Waals surface area contributed by atoms with Crippen LogP contribution in [0.1, 0.15) is 44.8 Å². The highest BCUT2D eigenvalue weighted by Crippen LogP contribution is 2.25. The van der Waals surface area contributed by atoms with E-state index in [1.54, 1.807) is 17.5 Å². The van der Waals surface area contributed by atoms with E-state index in [4.69, 9.17) is 0 Å². The van der Waals surface area contributed by atoms with Crippen molar-refractivity contribution in [2.75, 3.05) is 19.6 Å². The number of carbonyl (C=O) groups is 1. The molecule has 1 amide bonds. The lowest BCUT2D eigenvalue weighted by Crippen LogP contribution is -2.40. The minimum atomic E-state index is 0.152. The summed E-state index contributed by atoms with van der Waals surface area (Å²) in [5.41, 5.74) is 4.94. The van der Waals surface area contributed by atoms with Gasteiger partial charge in [0, 0.05) is 32.0 Å². The first-order chi connectivity index (χ1) is 15.1. The van der Waals surface area contributed by atoms with E-state index in [-0.39, 0.29) is 5.91 Å². The lowest BCUT2D eigenvalue weighted by molar-refractivity contribution is 0.0675. The lowest BCUT2D eigenvalue weighted by Gasteiger charge is -2.35. The zero-order valence-electron chi connectivity index (χ0n) is 18.5. The highest BCUT2D eigenvalue weighted by atomic mass is 32.1. The van der Waals surface area contributed by atoms with Gasteiger partial charge in [-0.25, -0.2) is 0 Å². The molecule has 3 aromatic rings. The average molecular weight is 434 g/mol. The number of aryl methyl sites for hydroxylation is 2. The van der Waals surface area contributed by atoms with Crippen LogP contribution in [0.15, 0.2) is 60.2 Å². The van der Waals surface area contributed by atoms with E-state index in [0.717, 1.165) is 55.0 Å². The summed E-state index contributed by atoms with van der Waals surface area (Å²) in [6.07, 6.45) is 5.91. The second-order valence-electron chi connectivity index (χ2n) is 8.63. The van der Waals surface area contributed by atoms with Gasteiger partial charge in [0.15, 0.2) is 0 Å². The van der Waals surface area contributed by atoms with Crippen LogP contribution in [0.2, 0.25) is 0 Å². The van der Waals surface area contributed by atoms with Crippen molar-refractivity contribution in [2.24, 2.45) is 5.92 Å². The Balaban J connectivity index is 1.40. The van der Waals surface area contributed by atoms with E-state index in [2.05, 4.69) is 47.1 Å². The highest BCUT2D eigenvalue weighted by molar-refractivity contribution is 7.12. The number of hydrogen-bond acceptors (Lipinski definition) is 4. The molecule has 0 radical (unpaired) electrons.